The zero-order valence-corrected chi connectivity index (χ0v) is 8.21. The molecule has 0 aromatic carbocycles. The second-order valence-corrected chi connectivity index (χ2v) is 4.58. The van der Waals surface area contributed by atoms with E-state index in [-0.39, 0.29) is 0 Å². The molecule has 0 amide bonds. The highest BCUT2D eigenvalue weighted by Gasteiger charge is 2.63. The van der Waals surface area contributed by atoms with Gasteiger partial charge in [-0.15, -0.1) is 6.58 Å². The smallest absolute Gasteiger partial charge is 0.0220 e. The molecule has 0 N–H and O–H groups in total. The summed E-state index contributed by atoms with van der Waals surface area (Å²) in [5.41, 5.74) is 0.516. The Kier molecular flexibility index (Phi) is 1.80. The summed E-state index contributed by atoms with van der Waals surface area (Å²) in [6, 6.07) is 0.803. The predicted octanol–water partition coefficient (Wildman–Crippen LogP) is 2.29. The Morgan fingerprint density at radius 1 is 1.42 bits per heavy atom. The second kappa shape index (κ2) is 2.59. The molecule has 2 fully saturated rings. The molecule has 2 aliphatic rings. The number of fused-ring (bicyclic) bond motifs is 1. The molecule has 0 aromatic heterocycles. The first kappa shape index (κ1) is 8.31. The summed E-state index contributed by atoms with van der Waals surface area (Å²) in [6.07, 6.45) is 7.87. The van der Waals surface area contributed by atoms with Crippen molar-refractivity contribution < 1.29 is 0 Å². The molecule has 0 unspecified atom stereocenters. The predicted molar refractivity (Wildman–Crippen MR) is 52.1 cm³/mol. The molecule has 2 aliphatic carbocycles. The lowest BCUT2D eigenvalue weighted by molar-refractivity contribution is 0.340. The van der Waals surface area contributed by atoms with Crippen molar-refractivity contribution >= 4 is 0 Å². The maximum Gasteiger partial charge on any atom is 0.0220 e. The van der Waals surface area contributed by atoms with Crippen LogP contribution in [0.3, 0.4) is 0 Å². The largest absolute Gasteiger partial charge is 0.305 e. The summed E-state index contributed by atoms with van der Waals surface area (Å²) >= 11 is 0. The number of hydrogen-bond donors (Lipinski definition) is 0. The van der Waals surface area contributed by atoms with Gasteiger partial charge in [-0.2, -0.15) is 0 Å². The average molecular weight is 165 g/mol. The summed E-state index contributed by atoms with van der Waals surface area (Å²) in [5.74, 6) is 0.929. The molecule has 2 saturated carbocycles. The zero-order chi connectivity index (χ0) is 8.77. The van der Waals surface area contributed by atoms with Gasteiger partial charge in [0.05, 0.1) is 0 Å². The maximum atomic E-state index is 4.00. The van der Waals surface area contributed by atoms with E-state index in [1.165, 1.54) is 25.7 Å². The van der Waals surface area contributed by atoms with Crippen molar-refractivity contribution in [1.82, 2.24) is 4.90 Å². The van der Waals surface area contributed by atoms with E-state index in [1.807, 2.05) is 0 Å². The molecule has 12 heavy (non-hydrogen) atoms. The third kappa shape index (κ3) is 0.891. The van der Waals surface area contributed by atoms with Gasteiger partial charge in [-0.25, -0.2) is 0 Å². The Labute approximate surface area is 75.4 Å². The Morgan fingerprint density at radius 3 is 2.67 bits per heavy atom. The lowest BCUT2D eigenvalue weighted by atomic mass is 9.88. The molecule has 0 bridgehead atoms. The zero-order valence-electron chi connectivity index (χ0n) is 8.21. The molecule has 68 valence electrons. The van der Waals surface area contributed by atoms with E-state index in [4.69, 9.17) is 0 Å². The van der Waals surface area contributed by atoms with Gasteiger partial charge in [0.1, 0.15) is 0 Å². The summed E-state index contributed by atoms with van der Waals surface area (Å²) in [5, 5.41) is 0. The first-order chi connectivity index (χ1) is 5.72. The van der Waals surface area contributed by atoms with Crippen LogP contribution < -0.4 is 0 Å². The van der Waals surface area contributed by atoms with Crippen molar-refractivity contribution in [3.63, 3.8) is 0 Å². The highest BCUT2D eigenvalue weighted by Crippen LogP contribution is 2.63. The van der Waals surface area contributed by atoms with Gasteiger partial charge >= 0.3 is 0 Å². The van der Waals surface area contributed by atoms with Crippen LogP contribution in [0.5, 0.6) is 0 Å². The van der Waals surface area contributed by atoms with Gasteiger partial charge < -0.3 is 4.90 Å². The van der Waals surface area contributed by atoms with Gasteiger partial charge in [-0.05, 0) is 32.9 Å². The standard InChI is InChI=1S/C11H19N/c1-4-11-8-6-5-7-9(11)10(11)12(2)3/h4,9-10H,1,5-8H2,2-3H3/t9-,10-,11-/m0/s1. The third-order valence-corrected chi connectivity index (χ3v) is 3.82. The molecule has 0 aliphatic heterocycles. The van der Waals surface area contributed by atoms with Crippen molar-refractivity contribution in [2.75, 3.05) is 14.1 Å². The van der Waals surface area contributed by atoms with Gasteiger partial charge in [-0.3, -0.25) is 0 Å². The van der Waals surface area contributed by atoms with Crippen LogP contribution in [0.4, 0.5) is 0 Å². The minimum atomic E-state index is 0.516. The summed E-state index contributed by atoms with van der Waals surface area (Å²) < 4.78 is 0. The van der Waals surface area contributed by atoms with Crippen molar-refractivity contribution in [1.29, 1.82) is 0 Å². The van der Waals surface area contributed by atoms with Crippen LogP contribution in [0.15, 0.2) is 12.7 Å². The Morgan fingerprint density at radius 2 is 2.17 bits per heavy atom. The van der Waals surface area contributed by atoms with Gasteiger partial charge in [0, 0.05) is 11.5 Å². The van der Waals surface area contributed by atoms with E-state index in [1.54, 1.807) is 0 Å². The summed E-state index contributed by atoms with van der Waals surface area (Å²) in [7, 11) is 4.41. The SMILES string of the molecule is C=C[C@]12CCCC[C@H]1[C@@H]2N(C)C. The van der Waals surface area contributed by atoms with E-state index < -0.39 is 0 Å². The number of hydrogen-bond acceptors (Lipinski definition) is 1. The minimum Gasteiger partial charge on any atom is -0.305 e. The van der Waals surface area contributed by atoms with Crippen LogP contribution in [0.2, 0.25) is 0 Å². The van der Waals surface area contributed by atoms with Crippen LogP contribution in [-0.4, -0.2) is 25.0 Å². The lowest BCUT2D eigenvalue weighted by Gasteiger charge is -2.18. The Hall–Kier alpha value is -0.300. The monoisotopic (exact) mass is 165 g/mol. The van der Waals surface area contributed by atoms with Gasteiger partial charge in [0.25, 0.3) is 0 Å². The Bertz CT molecular complexity index is 197. The van der Waals surface area contributed by atoms with Gasteiger partial charge in [-0.1, -0.05) is 18.9 Å². The molecule has 2 rings (SSSR count). The minimum absolute atomic E-state index is 0.516. The number of nitrogens with zero attached hydrogens (tertiary/aromatic N) is 1. The lowest BCUT2D eigenvalue weighted by Crippen LogP contribution is -2.20. The molecule has 1 heteroatoms. The summed E-state index contributed by atoms with van der Waals surface area (Å²) in [4.78, 5) is 2.39. The fourth-order valence-corrected chi connectivity index (χ4v) is 3.29. The molecule has 0 spiro atoms. The summed E-state index contributed by atoms with van der Waals surface area (Å²) in [6.45, 7) is 4.00. The highest BCUT2D eigenvalue weighted by atomic mass is 15.2. The van der Waals surface area contributed by atoms with Crippen LogP contribution in [0.1, 0.15) is 25.7 Å². The van der Waals surface area contributed by atoms with Crippen molar-refractivity contribution in [3.05, 3.63) is 12.7 Å². The molecule has 0 aromatic rings. The fourth-order valence-electron chi connectivity index (χ4n) is 3.29. The van der Waals surface area contributed by atoms with E-state index >= 15 is 0 Å². The molecule has 1 nitrogen and oxygen atoms in total. The van der Waals surface area contributed by atoms with Crippen LogP contribution >= 0.6 is 0 Å². The second-order valence-electron chi connectivity index (χ2n) is 4.58. The molecule has 0 heterocycles. The highest BCUT2D eigenvalue weighted by molar-refractivity contribution is 5.24. The molecular weight excluding hydrogens is 146 g/mol. The van der Waals surface area contributed by atoms with Gasteiger partial charge in [0.2, 0.25) is 0 Å². The molecule has 3 atom stereocenters. The van der Waals surface area contributed by atoms with Crippen molar-refractivity contribution in [2.45, 2.75) is 31.7 Å². The van der Waals surface area contributed by atoms with Crippen molar-refractivity contribution in [3.8, 4) is 0 Å². The first-order valence-corrected chi connectivity index (χ1v) is 5.02. The normalized spacial score (nSPS) is 45.6. The quantitative estimate of drug-likeness (QED) is 0.567. The van der Waals surface area contributed by atoms with E-state index in [2.05, 4.69) is 31.7 Å². The molecular formula is C11H19N. The van der Waals surface area contributed by atoms with Crippen LogP contribution in [-0.2, 0) is 0 Å². The van der Waals surface area contributed by atoms with Crippen LogP contribution in [0, 0.1) is 11.3 Å². The van der Waals surface area contributed by atoms with Crippen LogP contribution in [0.25, 0.3) is 0 Å². The van der Waals surface area contributed by atoms with Crippen molar-refractivity contribution in [2.24, 2.45) is 11.3 Å². The third-order valence-electron chi connectivity index (χ3n) is 3.82. The topological polar surface area (TPSA) is 3.24 Å². The number of rotatable bonds is 2. The Balaban J connectivity index is 2.15. The van der Waals surface area contributed by atoms with Gasteiger partial charge in [0.15, 0.2) is 0 Å². The van der Waals surface area contributed by atoms with E-state index in [0.717, 1.165) is 12.0 Å². The maximum absolute atomic E-state index is 4.00. The van der Waals surface area contributed by atoms with E-state index in [0.29, 0.717) is 5.41 Å². The van der Waals surface area contributed by atoms with E-state index in [9.17, 15) is 0 Å². The first-order valence-electron chi connectivity index (χ1n) is 5.02. The average Bonchev–Trinajstić information content (AvgIpc) is 2.73. The molecule has 0 saturated heterocycles. The molecule has 0 radical (unpaired) electrons. The fraction of sp³-hybridized carbons (Fsp3) is 0.818.